The topological polar surface area (TPSA) is 20.2 Å². The Morgan fingerprint density at radius 3 is 2.27 bits per heavy atom. The van der Waals surface area contributed by atoms with Crippen molar-refractivity contribution >= 4 is 0 Å². The van der Waals surface area contributed by atoms with E-state index >= 15 is 0 Å². The van der Waals surface area contributed by atoms with Gasteiger partial charge in [-0.1, -0.05) is 46.0 Å². The molecule has 68 valence electrons. The fraction of sp³-hybridized carbons (Fsp3) is 1.00. The minimum Gasteiger partial charge on any atom is -0.396 e. The van der Waals surface area contributed by atoms with Crippen LogP contribution < -0.4 is 0 Å². The van der Waals surface area contributed by atoms with Gasteiger partial charge in [0.15, 0.2) is 0 Å². The van der Waals surface area contributed by atoms with Crippen LogP contribution in [-0.4, -0.2) is 11.7 Å². The summed E-state index contributed by atoms with van der Waals surface area (Å²) in [5, 5.41) is 8.52. The SMILES string of the molecule is CC[C@@H](C)CCCCCCO. The van der Waals surface area contributed by atoms with Gasteiger partial charge in [-0.2, -0.15) is 0 Å². The van der Waals surface area contributed by atoms with Crippen LogP contribution in [0.1, 0.15) is 52.4 Å². The lowest BCUT2D eigenvalue weighted by molar-refractivity contribution is 0.281. The molecule has 0 saturated carbocycles. The molecule has 1 heteroatoms. The van der Waals surface area contributed by atoms with Gasteiger partial charge < -0.3 is 5.11 Å². The summed E-state index contributed by atoms with van der Waals surface area (Å²) in [7, 11) is 0. The standard InChI is InChI=1S/C10H22O/c1-3-10(2)8-6-4-5-7-9-11/h10-11H,3-9H2,1-2H3/t10-/m1/s1. The van der Waals surface area contributed by atoms with E-state index in [1.165, 1.54) is 32.1 Å². The highest BCUT2D eigenvalue weighted by Crippen LogP contribution is 2.12. The number of hydrogen-bond acceptors (Lipinski definition) is 1. The molecular weight excluding hydrogens is 136 g/mol. The molecular formula is C10H22O. The van der Waals surface area contributed by atoms with Crippen molar-refractivity contribution in [1.29, 1.82) is 0 Å². The van der Waals surface area contributed by atoms with E-state index in [2.05, 4.69) is 13.8 Å². The summed E-state index contributed by atoms with van der Waals surface area (Å²) in [5.74, 6) is 0.893. The lowest BCUT2D eigenvalue weighted by Gasteiger charge is -2.06. The molecule has 0 aliphatic carbocycles. The summed E-state index contributed by atoms with van der Waals surface area (Å²) in [4.78, 5) is 0. The first kappa shape index (κ1) is 11.0. The van der Waals surface area contributed by atoms with E-state index in [0.29, 0.717) is 6.61 Å². The van der Waals surface area contributed by atoms with Crippen molar-refractivity contribution in [1.82, 2.24) is 0 Å². The highest BCUT2D eigenvalue weighted by molar-refractivity contribution is 4.50. The summed E-state index contributed by atoms with van der Waals surface area (Å²) in [6, 6.07) is 0. The van der Waals surface area contributed by atoms with Crippen molar-refractivity contribution in [2.45, 2.75) is 52.4 Å². The molecule has 0 aromatic heterocycles. The van der Waals surface area contributed by atoms with Crippen LogP contribution in [0.2, 0.25) is 0 Å². The van der Waals surface area contributed by atoms with E-state index in [9.17, 15) is 0 Å². The van der Waals surface area contributed by atoms with E-state index in [0.717, 1.165) is 12.3 Å². The molecule has 11 heavy (non-hydrogen) atoms. The van der Waals surface area contributed by atoms with E-state index in [1.807, 2.05) is 0 Å². The number of rotatable bonds is 7. The van der Waals surface area contributed by atoms with Crippen LogP contribution in [0.15, 0.2) is 0 Å². The predicted octanol–water partition coefficient (Wildman–Crippen LogP) is 2.98. The Labute approximate surface area is 70.8 Å². The Morgan fingerprint density at radius 1 is 1.09 bits per heavy atom. The molecule has 0 aliphatic heterocycles. The molecule has 0 aromatic rings. The first-order valence-electron chi connectivity index (χ1n) is 4.92. The number of aliphatic hydroxyl groups is 1. The third-order valence-corrected chi connectivity index (χ3v) is 2.30. The fourth-order valence-electron chi connectivity index (χ4n) is 1.16. The molecule has 0 heterocycles. The first-order valence-corrected chi connectivity index (χ1v) is 4.92. The second-order valence-corrected chi connectivity index (χ2v) is 3.44. The van der Waals surface area contributed by atoms with Gasteiger partial charge in [-0.15, -0.1) is 0 Å². The Kier molecular flexibility index (Phi) is 8.03. The van der Waals surface area contributed by atoms with E-state index in [4.69, 9.17) is 5.11 Å². The summed E-state index contributed by atoms with van der Waals surface area (Å²) in [6.45, 7) is 4.92. The molecule has 0 rings (SSSR count). The van der Waals surface area contributed by atoms with Gasteiger partial charge >= 0.3 is 0 Å². The lowest BCUT2D eigenvalue weighted by Crippen LogP contribution is -1.92. The third kappa shape index (κ3) is 7.86. The normalized spacial score (nSPS) is 13.4. The number of hydrogen-bond donors (Lipinski definition) is 1. The second kappa shape index (κ2) is 8.06. The van der Waals surface area contributed by atoms with Crippen LogP contribution in [0, 0.1) is 5.92 Å². The van der Waals surface area contributed by atoms with Gasteiger partial charge in [-0.25, -0.2) is 0 Å². The quantitative estimate of drug-likeness (QED) is 0.565. The van der Waals surface area contributed by atoms with Crippen LogP contribution in [0.25, 0.3) is 0 Å². The maximum atomic E-state index is 8.52. The average molecular weight is 158 g/mol. The van der Waals surface area contributed by atoms with Gasteiger partial charge in [0.1, 0.15) is 0 Å². The van der Waals surface area contributed by atoms with E-state index in [1.54, 1.807) is 0 Å². The largest absolute Gasteiger partial charge is 0.396 e. The van der Waals surface area contributed by atoms with Crippen LogP contribution in [0.4, 0.5) is 0 Å². The van der Waals surface area contributed by atoms with Crippen molar-refractivity contribution in [3.8, 4) is 0 Å². The molecule has 0 aromatic carbocycles. The minimum absolute atomic E-state index is 0.364. The maximum Gasteiger partial charge on any atom is 0.0431 e. The van der Waals surface area contributed by atoms with Gasteiger partial charge in [0.05, 0.1) is 0 Å². The Balaban J connectivity index is 2.89. The maximum absolute atomic E-state index is 8.52. The number of unbranched alkanes of at least 4 members (excludes halogenated alkanes) is 3. The molecule has 1 atom stereocenters. The molecule has 0 radical (unpaired) electrons. The molecule has 0 saturated heterocycles. The zero-order valence-corrected chi connectivity index (χ0v) is 7.97. The highest BCUT2D eigenvalue weighted by atomic mass is 16.2. The zero-order valence-electron chi connectivity index (χ0n) is 7.97. The summed E-state index contributed by atoms with van der Waals surface area (Å²) < 4.78 is 0. The van der Waals surface area contributed by atoms with Crippen molar-refractivity contribution in [3.63, 3.8) is 0 Å². The zero-order chi connectivity index (χ0) is 8.53. The lowest BCUT2D eigenvalue weighted by atomic mass is 10.0. The summed E-state index contributed by atoms with van der Waals surface area (Å²) in [5.41, 5.74) is 0. The van der Waals surface area contributed by atoms with Gasteiger partial charge in [0.25, 0.3) is 0 Å². The molecule has 0 bridgehead atoms. The Hall–Kier alpha value is -0.0400. The van der Waals surface area contributed by atoms with Crippen LogP contribution in [-0.2, 0) is 0 Å². The van der Waals surface area contributed by atoms with E-state index < -0.39 is 0 Å². The van der Waals surface area contributed by atoms with Crippen LogP contribution in [0.5, 0.6) is 0 Å². The second-order valence-electron chi connectivity index (χ2n) is 3.44. The summed E-state index contributed by atoms with van der Waals surface area (Å²) >= 11 is 0. The summed E-state index contributed by atoms with van der Waals surface area (Å²) in [6.07, 6.45) is 7.50. The monoisotopic (exact) mass is 158 g/mol. The van der Waals surface area contributed by atoms with Crippen molar-refractivity contribution < 1.29 is 5.11 Å². The molecule has 1 N–H and O–H groups in total. The van der Waals surface area contributed by atoms with Gasteiger partial charge in [0, 0.05) is 6.61 Å². The van der Waals surface area contributed by atoms with Crippen molar-refractivity contribution in [2.75, 3.05) is 6.61 Å². The highest BCUT2D eigenvalue weighted by Gasteiger charge is 1.97. The molecule has 0 unspecified atom stereocenters. The smallest absolute Gasteiger partial charge is 0.0431 e. The molecule has 0 aliphatic rings. The predicted molar refractivity (Wildman–Crippen MR) is 49.6 cm³/mol. The van der Waals surface area contributed by atoms with Crippen LogP contribution >= 0.6 is 0 Å². The molecule has 0 fully saturated rings. The van der Waals surface area contributed by atoms with Crippen molar-refractivity contribution in [3.05, 3.63) is 0 Å². The number of aliphatic hydroxyl groups excluding tert-OH is 1. The van der Waals surface area contributed by atoms with Gasteiger partial charge in [-0.3, -0.25) is 0 Å². The minimum atomic E-state index is 0.364. The van der Waals surface area contributed by atoms with Gasteiger partial charge in [0.2, 0.25) is 0 Å². The van der Waals surface area contributed by atoms with Gasteiger partial charge in [-0.05, 0) is 12.3 Å². The fourth-order valence-corrected chi connectivity index (χ4v) is 1.16. The molecule has 0 amide bonds. The van der Waals surface area contributed by atoms with Crippen molar-refractivity contribution in [2.24, 2.45) is 5.92 Å². The molecule has 1 nitrogen and oxygen atoms in total. The molecule has 0 spiro atoms. The first-order chi connectivity index (χ1) is 5.31. The average Bonchev–Trinajstić information content (AvgIpc) is 2.04. The van der Waals surface area contributed by atoms with Crippen LogP contribution in [0.3, 0.4) is 0 Å². The Morgan fingerprint density at radius 2 is 1.73 bits per heavy atom. The third-order valence-electron chi connectivity index (χ3n) is 2.30. The van der Waals surface area contributed by atoms with E-state index in [-0.39, 0.29) is 0 Å². The Bertz CT molecular complexity index is 71.3.